The Bertz CT molecular complexity index is 289. The van der Waals surface area contributed by atoms with Gasteiger partial charge in [0.05, 0.1) is 0 Å². The predicted octanol–water partition coefficient (Wildman–Crippen LogP) is 2.17. The van der Waals surface area contributed by atoms with Crippen molar-refractivity contribution in [3.05, 3.63) is 0 Å². The van der Waals surface area contributed by atoms with Crippen molar-refractivity contribution in [2.24, 2.45) is 11.8 Å². The van der Waals surface area contributed by atoms with Crippen molar-refractivity contribution >= 4 is 5.91 Å². The van der Waals surface area contributed by atoms with Crippen molar-refractivity contribution in [1.29, 1.82) is 0 Å². The minimum absolute atomic E-state index is 0.368. The molecule has 0 aromatic rings. The third-order valence-corrected chi connectivity index (χ3v) is 4.89. The molecule has 102 valence electrons. The lowest BCUT2D eigenvalue weighted by Crippen LogP contribution is -2.42. The normalized spacial score (nSPS) is 26.4. The average molecular weight is 250 g/mol. The van der Waals surface area contributed by atoms with Gasteiger partial charge in [0.1, 0.15) is 0 Å². The number of rotatable bonds is 4. The van der Waals surface area contributed by atoms with Crippen LogP contribution in [0.4, 0.5) is 0 Å². The van der Waals surface area contributed by atoms with Gasteiger partial charge < -0.3 is 10.2 Å². The van der Waals surface area contributed by atoms with Crippen molar-refractivity contribution in [3.8, 4) is 0 Å². The molecule has 1 amide bonds. The van der Waals surface area contributed by atoms with Gasteiger partial charge in [-0.2, -0.15) is 0 Å². The highest BCUT2D eigenvalue weighted by Crippen LogP contribution is 2.34. The molecule has 18 heavy (non-hydrogen) atoms. The van der Waals surface area contributed by atoms with Crippen LogP contribution in [0.15, 0.2) is 0 Å². The fraction of sp³-hybridized carbons (Fsp3) is 0.933. The first kappa shape index (κ1) is 12.5. The summed E-state index contributed by atoms with van der Waals surface area (Å²) in [4.78, 5) is 14.9. The predicted molar refractivity (Wildman–Crippen MR) is 72.3 cm³/mol. The zero-order valence-electron chi connectivity index (χ0n) is 11.4. The van der Waals surface area contributed by atoms with Gasteiger partial charge in [0.2, 0.25) is 5.91 Å². The zero-order chi connectivity index (χ0) is 12.4. The Morgan fingerprint density at radius 3 is 2.28 bits per heavy atom. The second-order valence-corrected chi connectivity index (χ2v) is 6.40. The molecule has 2 saturated carbocycles. The van der Waals surface area contributed by atoms with Crippen molar-refractivity contribution in [2.45, 2.75) is 57.4 Å². The molecule has 0 aromatic heterocycles. The Morgan fingerprint density at radius 2 is 1.67 bits per heavy atom. The molecule has 3 fully saturated rings. The van der Waals surface area contributed by atoms with Gasteiger partial charge in [-0.1, -0.05) is 12.8 Å². The number of hydrogen-bond acceptors (Lipinski definition) is 2. The number of nitrogens with one attached hydrogen (secondary N) is 1. The number of amides is 1. The minimum atomic E-state index is 0.368. The molecule has 3 aliphatic rings. The van der Waals surface area contributed by atoms with Crippen molar-refractivity contribution in [2.75, 3.05) is 19.6 Å². The van der Waals surface area contributed by atoms with Crippen LogP contribution in [0.1, 0.15) is 51.4 Å². The molecule has 1 aliphatic heterocycles. The van der Waals surface area contributed by atoms with E-state index in [9.17, 15) is 4.79 Å². The maximum atomic E-state index is 12.6. The van der Waals surface area contributed by atoms with Gasteiger partial charge in [0, 0.05) is 18.5 Å². The van der Waals surface area contributed by atoms with E-state index in [4.69, 9.17) is 0 Å². The number of piperidine rings is 1. The lowest BCUT2D eigenvalue weighted by molar-refractivity contribution is -0.136. The fourth-order valence-corrected chi connectivity index (χ4v) is 3.55. The molecular weight excluding hydrogens is 224 g/mol. The molecule has 0 radical (unpaired) electrons. The van der Waals surface area contributed by atoms with Gasteiger partial charge >= 0.3 is 0 Å². The van der Waals surface area contributed by atoms with E-state index < -0.39 is 0 Å². The summed E-state index contributed by atoms with van der Waals surface area (Å²) in [6.07, 6.45) is 9.84. The van der Waals surface area contributed by atoms with Crippen molar-refractivity contribution in [1.82, 2.24) is 10.2 Å². The molecule has 1 N–H and O–H groups in total. The Balaban J connectivity index is 1.58. The topological polar surface area (TPSA) is 32.3 Å². The SMILES string of the molecule is O=C(C1CCCC1)N(CC1CCNCC1)C1CC1. The van der Waals surface area contributed by atoms with E-state index in [0.29, 0.717) is 17.9 Å². The molecular formula is C15H26N2O. The maximum absolute atomic E-state index is 12.6. The first-order valence-corrected chi connectivity index (χ1v) is 7.86. The first-order chi connectivity index (χ1) is 8.84. The smallest absolute Gasteiger partial charge is 0.225 e. The van der Waals surface area contributed by atoms with Crippen LogP contribution < -0.4 is 5.32 Å². The van der Waals surface area contributed by atoms with Gasteiger partial charge in [-0.15, -0.1) is 0 Å². The Labute approximate surface area is 110 Å². The highest BCUT2D eigenvalue weighted by molar-refractivity contribution is 5.79. The summed E-state index contributed by atoms with van der Waals surface area (Å²) in [5, 5.41) is 3.41. The fourth-order valence-electron chi connectivity index (χ4n) is 3.55. The van der Waals surface area contributed by atoms with E-state index in [-0.39, 0.29) is 0 Å². The largest absolute Gasteiger partial charge is 0.339 e. The quantitative estimate of drug-likeness (QED) is 0.829. The first-order valence-electron chi connectivity index (χ1n) is 7.86. The number of nitrogens with zero attached hydrogens (tertiary/aromatic N) is 1. The van der Waals surface area contributed by atoms with E-state index in [0.717, 1.165) is 38.4 Å². The van der Waals surface area contributed by atoms with E-state index in [2.05, 4.69) is 10.2 Å². The van der Waals surface area contributed by atoms with E-state index in [1.165, 1.54) is 38.5 Å². The van der Waals surface area contributed by atoms with Gasteiger partial charge in [-0.25, -0.2) is 0 Å². The molecule has 0 unspecified atom stereocenters. The summed E-state index contributed by atoms with van der Waals surface area (Å²) in [7, 11) is 0. The van der Waals surface area contributed by atoms with Crippen molar-refractivity contribution in [3.63, 3.8) is 0 Å². The third-order valence-electron chi connectivity index (χ3n) is 4.89. The van der Waals surface area contributed by atoms with E-state index in [1.807, 2.05) is 0 Å². The van der Waals surface area contributed by atoms with Crippen LogP contribution in [0.25, 0.3) is 0 Å². The lowest BCUT2D eigenvalue weighted by atomic mass is 9.96. The lowest BCUT2D eigenvalue weighted by Gasteiger charge is -2.32. The van der Waals surface area contributed by atoms with Crippen LogP contribution >= 0.6 is 0 Å². The zero-order valence-corrected chi connectivity index (χ0v) is 11.4. The molecule has 1 heterocycles. The molecule has 2 aliphatic carbocycles. The van der Waals surface area contributed by atoms with Gasteiger partial charge in [-0.05, 0) is 57.5 Å². The Hall–Kier alpha value is -0.570. The second kappa shape index (κ2) is 5.60. The number of hydrogen-bond donors (Lipinski definition) is 1. The van der Waals surface area contributed by atoms with Gasteiger partial charge in [0.25, 0.3) is 0 Å². The van der Waals surface area contributed by atoms with Crippen LogP contribution in [-0.2, 0) is 4.79 Å². The average Bonchev–Trinajstić information content (AvgIpc) is 3.10. The monoisotopic (exact) mass is 250 g/mol. The highest BCUT2D eigenvalue weighted by atomic mass is 16.2. The molecule has 0 spiro atoms. The molecule has 0 atom stereocenters. The van der Waals surface area contributed by atoms with Crippen molar-refractivity contribution < 1.29 is 4.79 Å². The number of carbonyl (C=O) groups is 1. The second-order valence-electron chi connectivity index (χ2n) is 6.40. The summed E-state index contributed by atoms with van der Waals surface area (Å²) in [6.45, 7) is 3.32. The minimum Gasteiger partial charge on any atom is -0.339 e. The maximum Gasteiger partial charge on any atom is 0.225 e. The third kappa shape index (κ3) is 2.87. The standard InChI is InChI=1S/C15H26N2O/c18-15(13-3-1-2-4-13)17(14-5-6-14)11-12-7-9-16-10-8-12/h12-14,16H,1-11H2. The van der Waals surface area contributed by atoms with Crippen LogP contribution in [0.3, 0.4) is 0 Å². The van der Waals surface area contributed by atoms with Crippen LogP contribution in [0.2, 0.25) is 0 Å². The van der Waals surface area contributed by atoms with E-state index >= 15 is 0 Å². The van der Waals surface area contributed by atoms with Crippen LogP contribution in [0, 0.1) is 11.8 Å². The van der Waals surface area contributed by atoms with Crippen LogP contribution in [0.5, 0.6) is 0 Å². The summed E-state index contributed by atoms with van der Waals surface area (Å²) < 4.78 is 0. The van der Waals surface area contributed by atoms with Gasteiger partial charge in [-0.3, -0.25) is 4.79 Å². The molecule has 1 saturated heterocycles. The highest BCUT2D eigenvalue weighted by Gasteiger charge is 2.37. The van der Waals surface area contributed by atoms with E-state index in [1.54, 1.807) is 0 Å². The molecule has 0 aromatic carbocycles. The summed E-state index contributed by atoms with van der Waals surface area (Å²) >= 11 is 0. The number of carbonyl (C=O) groups excluding carboxylic acids is 1. The summed E-state index contributed by atoms with van der Waals surface area (Å²) in [6, 6.07) is 0.605. The molecule has 3 nitrogen and oxygen atoms in total. The Kier molecular flexibility index (Phi) is 3.88. The Morgan fingerprint density at radius 1 is 1.00 bits per heavy atom. The molecule has 0 bridgehead atoms. The van der Waals surface area contributed by atoms with Crippen LogP contribution in [-0.4, -0.2) is 36.5 Å². The summed E-state index contributed by atoms with van der Waals surface area (Å²) in [5.41, 5.74) is 0. The molecule has 3 rings (SSSR count). The summed E-state index contributed by atoms with van der Waals surface area (Å²) in [5.74, 6) is 1.61. The molecule has 3 heteroatoms. The van der Waals surface area contributed by atoms with Gasteiger partial charge in [0.15, 0.2) is 0 Å².